The molecule has 2 aromatic rings. The van der Waals surface area contributed by atoms with E-state index < -0.39 is 23.7 Å². The normalized spacial score (nSPS) is 11.4. The van der Waals surface area contributed by atoms with E-state index in [4.69, 9.17) is 9.47 Å². The van der Waals surface area contributed by atoms with Crippen LogP contribution in [0.3, 0.4) is 0 Å². The number of rotatable bonds is 6. The molecule has 0 saturated carbocycles. The topological polar surface area (TPSA) is 76.7 Å². The van der Waals surface area contributed by atoms with Crippen molar-refractivity contribution in [1.82, 2.24) is 10.9 Å². The maximum absolute atomic E-state index is 12.8. The SMILES string of the molecule is Cc1cc(C)cc(OCC(=O)NNC(=O)[C@H](C)Oc2ccc(F)cc2)c1. The van der Waals surface area contributed by atoms with Gasteiger partial charge < -0.3 is 9.47 Å². The first-order chi connectivity index (χ1) is 12.3. The zero-order valence-corrected chi connectivity index (χ0v) is 14.8. The Hall–Kier alpha value is -3.09. The molecule has 6 nitrogen and oxygen atoms in total. The van der Waals surface area contributed by atoms with Crippen LogP contribution < -0.4 is 20.3 Å². The Morgan fingerprint density at radius 2 is 1.62 bits per heavy atom. The third kappa shape index (κ3) is 6.08. The molecule has 2 rings (SSSR count). The highest BCUT2D eigenvalue weighted by molar-refractivity contribution is 5.85. The predicted molar refractivity (Wildman–Crippen MR) is 94.2 cm³/mol. The molecule has 0 radical (unpaired) electrons. The monoisotopic (exact) mass is 360 g/mol. The Bertz CT molecular complexity index is 757. The fraction of sp³-hybridized carbons (Fsp3) is 0.263. The van der Waals surface area contributed by atoms with Crippen molar-refractivity contribution in [2.45, 2.75) is 26.9 Å². The van der Waals surface area contributed by atoms with Crippen molar-refractivity contribution in [3.8, 4) is 11.5 Å². The van der Waals surface area contributed by atoms with Crippen LogP contribution in [-0.2, 0) is 9.59 Å². The van der Waals surface area contributed by atoms with E-state index in [1.165, 1.54) is 31.2 Å². The van der Waals surface area contributed by atoms with Gasteiger partial charge in [-0.3, -0.25) is 20.4 Å². The van der Waals surface area contributed by atoms with Crippen molar-refractivity contribution in [3.63, 3.8) is 0 Å². The van der Waals surface area contributed by atoms with Gasteiger partial charge in [-0.25, -0.2) is 4.39 Å². The number of carbonyl (C=O) groups excluding carboxylic acids is 2. The van der Waals surface area contributed by atoms with E-state index in [9.17, 15) is 14.0 Å². The first-order valence-electron chi connectivity index (χ1n) is 8.05. The number of carbonyl (C=O) groups is 2. The van der Waals surface area contributed by atoms with Gasteiger partial charge in [0.2, 0.25) is 0 Å². The molecule has 2 N–H and O–H groups in total. The van der Waals surface area contributed by atoms with Crippen LogP contribution in [0.2, 0.25) is 0 Å². The lowest BCUT2D eigenvalue weighted by Gasteiger charge is -2.15. The second-order valence-corrected chi connectivity index (χ2v) is 5.86. The summed E-state index contributed by atoms with van der Waals surface area (Å²) in [7, 11) is 0. The smallest absolute Gasteiger partial charge is 0.279 e. The Morgan fingerprint density at radius 3 is 2.23 bits per heavy atom. The van der Waals surface area contributed by atoms with Crippen molar-refractivity contribution in [3.05, 3.63) is 59.4 Å². The van der Waals surface area contributed by atoms with Crippen LogP contribution in [0.1, 0.15) is 18.1 Å². The molecule has 0 unspecified atom stereocenters. The highest BCUT2D eigenvalue weighted by Crippen LogP contribution is 2.16. The minimum atomic E-state index is -0.874. The molecule has 0 spiro atoms. The largest absolute Gasteiger partial charge is 0.484 e. The van der Waals surface area contributed by atoms with Crippen molar-refractivity contribution in [1.29, 1.82) is 0 Å². The molecule has 0 aliphatic carbocycles. The number of ether oxygens (including phenoxy) is 2. The minimum Gasteiger partial charge on any atom is -0.484 e. The molecule has 0 bridgehead atoms. The molecule has 2 amide bonds. The van der Waals surface area contributed by atoms with E-state index in [2.05, 4.69) is 10.9 Å². The van der Waals surface area contributed by atoms with E-state index in [0.717, 1.165) is 11.1 Å². The van der Waals surface area contributed by atoms with E-state index in [1.54, 1.807) is 0 Å². The van der Waals surface area contributed by atoms with E-state index in [-0.39, 0.29) is 6.61 Å². The summed E-state index contributed by atoms with van der Waals surface area (Å²) in [5, 5.41) is 0. The molecule has 0 aliphatic rings. The molecular formula is C19H21FN2O4. The fourth-order valence-electron chi connectivity index (χ4n) is 2.20. The summed E-state index contributed by atoms with van der Waals surface area (Å²) in [5.41, 5.74) is 6.57. The lowest BCUT2D eigenvalue weighted by molar-refractivity contribution is -0.133. The van der Waals surface area contributed by atoms with Crippen LogP contribution in [0.15, 0.2) is 42.5 Å². The van der Waals surface area contributed by atoms with Crippen LogP contribution in [0.5, 0.6) is 11.5 Å². The maximum Gasteiger partial charge on any atom is 0.279 e. The first kappa shape index (κ1) is 19.2. The summed E-state index contributed by atoms with van der Waals surface area (Å²) < 4.78 is 23.6. The average molecular weight is 360 g/mol. The van der Waals surface area contributed by atoms with Gasteiger partial charge >= 0.3 is 0 Å². The molecule has 0 heterocycles. The van der Waals surface area contributed by atoms with Crippen molar-refractivity contribution < 1.29 is 23.5 Å². The molecule has 1 atom stereocenters. The van der Waals surface area contributed by atoms with Crippen molar-refractivity contribution in [2.75, 3.05) is 6.61 Å². The minimum absolute atomic E-state index is 0.240. The highest BCUT2D eigenvalue weighted by atomic mass is 19.1. The van der Waals surface area contributed by atoms with E-state index >= 15 is 0 Å². The lowest BCUT2D eigenvalue weighted by Crippen LogP contribution is -2.48. The van der Waals surface area contributed by atoms with Crippen LogP contribution in [0.4, 0.5) is 4.39 Å². The van der Waals surface area contributed by atoms with Crippen molar-refractivity contribution in [2.24, 2.45) is 0 Å². The van der Waals surface area contributed by atoms with Gasteiger partial charge in [0.25, 0.3) is 11.8 Å². The number of aryl methyl sites for hydroxylation is 2. The summed E-state index contributed by atoms with van der Waals surface area (Å²) in [6.45, 7) is 5.14. The molecule has 0 saturated heterocycles. The van der Waals surface area contributed by atoms with Gasteiger partial charge in [0, 0.05) is 0 Å². The second-order valence-electron chi connectivity index (χ2n) is 5.86. The Kier molecular flexibility index (Phi) is 6.54. The summed E-state index contributed by atoms with van der Waals surface area (Å²) >= 11 is 0. The second kappa shape index (κ2) is 8.84. The van der Waals surface area contributed by atoms with Gasteiger partial charge in [0.05, 0.1) is 0 Å². The first-order valence-corrected chi connectivity index (χ1v) is 8.05. The number of nitrogens with one attached hydrogen (secondary N) is 2. The molecule has 26 heavy (non-hydrogen) atoms. The molecule has 0 aliphatic heterocycles. The standard InChI is InChI=1S/C19H21FN2O4/c1-12-8-13(2)10-17(9-12)25-11-18(23)21-22-19(24)14(3)26-16-6-4-15(20)5-7-16/h4-10,14H,11H2,1-3H3,(H,21,23)(H,22,24)/t14-/m0/s1. The summed E-state index contributed by atoms with van der Waals surface area (Å²) in [4.78, 5) is 23.7. The molecule has 7 heteroatoms. The van der Waals surface area contributed by atoms with Crippen LogP contribution in [0, 0.1) is 19.7 Å². The summed E-state index contributed by atoms with van der Waals surface area (Å²) in [6, 6.07) is 10.9. The summed E-state index contributed by atoms with van der Waals surface area (Å²) in [5.74, 6) is -0.526. The molecule has 2 aromatic carbocycles. The van der Waals surface area contributed by atoms with E-state index in [1.807, 2.05) is 32.0 Å². The Balaban J connectivity index is 1.75. The maximum atomic E-state index is 12.8. The van der Waals surface area contributed by atoms with Crippen LogP contribution in [-0.4, -0.2) is 24.5 Å². The number of amides is 2. The van der Waals surface area contributed by atoms with Crippen LogP contribution >= 0.6 is 0 Å². The predicted octanol–water partition coefficient (Wildman–Crippen LogP) is 2.44. The third-order valence-corrected chi connectivity index (χ3v) is 3.39. The van der Waals surface area contributed by atoms with Gasteiger partial charge in [-0.2, -0.15) is 0 Å². The third-order valence-electron chi connectivity index (χ3n) is 3.39. The van der Waals surface area contributed by atoms with Gasteiger partial charge in [-0.15, -0.1) is 0 Å². The zero-order chi connectivity index (χ0) is 19.1. The number of hydrogen-bond acceptors (Lipinski definition) is 4. The van der Waals surface area contributed by atoms with Crippen molar-refractivity contribution >= 4 is 11.8 Å². The Labute approximate surface area is 151 Å². The number of hydrazine groups is 1. The van der Waals surface area contributed by atoms with Crippen LogP contribution in [0.25, 0.3) is 0 Å². The quantitative estimate of drug-likeness (QED) is 0.776. The number of hydrogen-bond donors (Lipinski definition) is 2. The van der Waals surface area contributed by atoms with Gasteiger partial charge in [-0.1, -0.05) is 6.07 Å². The van der Waals surface area contributed by atoms with Gasteiger partial charge in [0.1, 0.15) is 17.3 Å². The molecular weight excluding hydrogens is 339 g/mol. The molecule has 138 valence electrons. The molecule has 0 aromatic heterocycles. The van der Waals surface area contributed by atoms with E-state index in [0.29, 0.717) is 11.5 Å². The highest BCUT2D eigenvalue weighted by Gasteiger charge is 2.15. The van der Waals surface area contributed by atoms with Gasteiger partial charge in [-0.05, 0) is 68.3 Å². The van der Waals surface area contributed by atoms with Gasteiger partial charge in [0.15, 0.2) is 12.7 Å². The zero-order valence-electron chi connectivity index (χ0n) is 14.8. The Morgan fingerprint density at radius 1 is 1.00 bits per heavy atom. The average Bonchev–Trinajstić information content (AvgIpc) is 2.59. The molecule has 0 fully saturated rings. The fourth-order valence-corrected chi connectivity index (χ4v) is 2.20. The number of benzene rings is 2. The number of halogens is 1. The summed E-state index contributed by atoms with van der Waals surface area (Å²) in [6.07, 6.45) is -0.874. The lowest BCUT2D eigenvalue weighted by atomic mass is 10.1.